The van der Waals surface area contributed by atoms with E-state index in [-0.39, 0.29) is 30.7 Å². The SMILES string of the molecule is Cc1ccc2c(c1)C(=O)N(CCC(=O)NCc1ccccc1CN1CCOCC1)C2=O. The van der Waals surface area contributed by atoms with Crippen molar-refractivity contribution in [3.05, 3.63) is 70.3 Å². The maximum Gasteiger partial charge on any atom is 0.261 e. The van der Waals surface area contributed by atoms with Crippen molar-refractivity contribution in [3.8, 4) is 0 Å². The topological polar surface area (TPSA) is 79.0 Å². The molecular weight excluding hydrogens is 394 g/mol. The van der Waals surface area contributed by atoms with Gasteiger partial charge in [-0.05, 0) is 30.2 Å². The molecule has 1 N–H and O–H groups in total. The van der Waals surface area contributed by atoms with Crippen molar-refractivity contribution in [1.29, 1.82) is 0 Å². The molecule has 2 aliphatic heterocycles. The van der Waals surface area contributed by atoms with Gasteiger partial charge in [-0.3, -0.25) is 24.2 Å². The third kappa shape index (κ3) is 4.84. The second kappa shape index (κ2) is 9.41. The molecule has 162 valence electrons. The van der Waals surface area contributed by atoms with E-state index >= 15 is 0 Å². The third-order valence-corrected chi connectivity index (χ3v) is 5.78. The Morgan fingerprint density at radius 3 is 2.48 bits per heavy atom. The molecule has 3 amide bonds. The van der Waals surface area contributed by atoms with Crippen LogP contribution in [0.4, 0.5) is 0 Å². The summed E-state index contributed by atoms with van der Waals surface area (Å²) in [7, 11) is 0. The molecule has 7 nitrogen and oxygen atoms in total. The van der Waals surface area contributed by atoms with Crippen LogP contribution >= 0.6 is 0 Å². The first-order valence-corrected chi connectivity index (χ1v) is 10.6. The molecule has 0 spiro atoms. The number of hydrogen-bond acceptors (Lipinski definition) is 5. The Balaban J connectivity index is 1.30. The van der Waals surface area contributed by atoms with Gasteiger partial charge in [0, 0.05) is 39.1 Å². The lowest BCUT2D eigenvalue weighted by Gasteiger charge is -2.27. The molecule has 0 atom stereocenters. The summed E-state index contributed by atoms with van der Waals surface area (Å²) in [6, 6.07) is 13.3. The lowest BCUT2D eigenvalue weighted by atomic mass is 10.1. The standard InChI is InChI=1S/C24H27N3O4/c1-17-6-7-20-21(14-17)24(30)27(23(20)29)9-8-22(28)25-15-18-4-2-3-5-19(18)16-26-10-12-31-13-11-26/h2-7,14H,8-13,15-16H2,1H3,(H,25,28). The Kier molecular flexibility index (Phi) is 6.44. The summed E-state index contributed by atoms with van der Waals surface area (Å²) >= 11 is 0. The number of carbonyl (C=O) groups excluding carboxylic acids is 3. The number of hydrogen-bond donors (Lipinski definition) is 1. The molecule has 2 heterocycles. The van der Waals surface area contributed by atoms with E-state index in [0.29, 0.717) is 17.7 Å². The number of nitrogens with one attached hydrogen (secondary N) is 1. The molecule has 0 unspecified atom stereocenters. The van der Waals surface area contributed by atoms with Crippen molar-refractivity contribution in [2.24, 2.45) is 0 Å². The minimum Gasteiger partial charge on any atom is -0.379 e. The molecule has 0 saturated carbocycles. The Morgan fingerprint density at radius 2 is 1.71 bits per heavy atom. The van der Waals surface area contributed by atoms with Crippen molar-refractivity contribution < 1.29 is 19.1 Å². The number of ether oxygens (including phenoxy) is 1. The molecule has 2 aliphatic rings. The van der Waals surface area contributed by atoms with Gasteiger partial charge in [0.1, 0.15) is 0 Å². The molecule has 0 bridgehead atoms. The molecule has 0 aromatic heterocycles. The van der Waals surface area contributed by atoms with E-state index in [1.165, 1.54) is 5.56 Å². The summed E-state index contributed by atoms with van der Waals surface area (Å²) in [6.45, 7) is 6.50. The number of nitrogens with zero attached hydrogens (tertiary/aromatic N) is 2. The summed E-state index contributed by atoms with van der Waals surface area (Å²) in [5.74, 6) is -0.843. The summed E-state index contributed by atoms with van der Waals surface area (Å²) < 4.78 is 5.41. The molecule has 2 aromatic rings. The van der Waals surface area contributed by atoms with Gasteiger partial charge in [-0.1, -0.05) is 35.9 Å². The van der Waals surface area contributed by atoms with Gasteiger partial charge in [-0.25, -0.2) is 0 Å². The van der Waals surface area contributed by atoms with Crippen LogP contribution in [0.1, 0.15) is 43.8 Å². The van der Waals surface area contributed by atoms with Crippen molar-refractivity contribution in [3.63, 3.8) is 0 Å². The smallest absolute Gasteiger partial charge is 0.261 e. The second-order valence-electron chi connectivity index (χ2n) is 7.99. The lowest BCUT2D eigenvalue weighted by molar-refractivity contribution is -0.121. The first kappa shape index (κ1) is 21.2. The monoisotopic (exact) mass is 421 g/mol. The highest BCUT2D eigenvalue weighted by atomic mass is 16.5. The van der Waals surface area contributed by atoms with Crippen molar-refractivity contribution in [2.45, 2.75) is 26.4 Å². The Labute approximate surface area is 182 Å². The van der Waals surface area contributed by atoms with E-state index in [4.69, 9.17) is 4.74 Å². The van der Waals surface area contributed by atoms with Gasteiger partial charge in [-0.2, -0.15) is 0 Å². The molecule has 31 heavy (non-hydrogen) atoms. The predicted octanol–water partition coefficient (Wildman–Crippen LogP) is 2.13. The molecule has 7 heteroatoms. The van der Waals surface area contributed by atoms with Crippen molar-refractivity contribution in [2.75, 3.05) is 32.8 Å². The predicted molar refractivity (Wildman–Crippen MR) is 116 cm³/mol. The number of fused-ring (bicyclic) bond motifs is 1. The summed E-state index contributed by atoms with van der Waals surface area (Å²) in [5.41, 5.74) is 4.00. The van der Waals surface area contributed by atoms with Gasteiger partial charge < -0.3 is 10.1 Å². The van der Waals surface area contributed by atoms with E-state index in [1.54, 1.807) is 12.1 Å². The van der Waals surface area contributed by atoms with Crippen LogP contribution in [0.3, 0.4) is 0 Å². The average molecular weight is 421 g/mol. The highest BCUT2D eigenvalue weighted by molar-refractivity contribution is 6.21. The van der Waals surface area contributed by atoms with Crippen LogP contribution in [-0.2, 0) is 22.6 Å². The van der Waals surface area contributed by atoms with Gasteiger partial charge in [0.05, 0.1) is 24.3 Å². The van der Waals surface area contributed by atoms with Gasteiger partial charge in [0.2, 0.25) is 5.91 Å². The van der Waals surface area contributed by atoms with Crippen molar-refractivity contribution in [1.82, 2.24) is 15.1 Å². The zero-order valence-corrected chi connectivity index (χ0v) is 17.7. The minimum atomic E-state index is -0.330. The van der Waals surface area contributed by atoms with Gasteiger partial charge in [-0.15, -0.1) is 0 Å². The largest absolute Gasteiger partial charge is 0.379 e. The molecule has 1 fully saturated rings. The molecule has 0 aliphatic carbocycles. The molecule has 1 saturated heterocycles. The zero-order chi connectivity index (χ0) is 21.8. The number of carbonyl (C=O) groups is 3. The highest BCUT2D eigenvalue weighted by Gasteiger charge is 2.35. The van der Waals surface area contributed by atoms with Crippen LogP contribution in [0.5, 0.6) is 0 Å². The first-order valence-electron chi connectivity index (χ1n) is 10.6. The number of amides is 3. The first-order chi connectivity index (χ1) is 15.0. The fraction of sp³-hybridized carbons (Fsp3) is 0.375. The summed E-state index contributed by atoms with van der Waals surface area (Å²) in [5, 5.41) is 2.93. The van der Waals surface area contributed by atoms with E-state index < -0.39 is 0 Å². The Bertz CT molecular complexity index is 998. The molecule has 2 aromatic carbocycles. The van der Waals surface area contributed by atoms with Crippen LogP contribution in [-0.4, -0.2) is 60.4 Å². The molecule has 4 rings (SSSR count). The minimum absolute atomic E-state index is 0.0760. The zero-order valence-electron chi connectivity index (χ0n) is 17.7. The van der Waals surface area contributed by atoms with Crippen LogP contribution in [0.2, 0.25) is 0 Å². The number of morpholine rings is 1. The van der Waals surface area contributed by atoms with Crippen LogP contribution < -0.4 is 5.32 Å². The number of imide groups is 1. The maximum atomic E-state index is 12.5. The van der Waals surface area contributed by atoms with Gasteiger partial charge >= 0.3 is 0 Å². The van der Waals surface area contributed by atoms with Crippen LogP contribution in [0, 0.1) is 6.92 Å². The fourth-order valence-electron chi connectivity index (χ4n) is 3.99. The quantitative estimate of drug-likeness (QED) is 0.693. The van der Waals surface area contributed by atoms with Crippen molar-refractivity contribution >= 4 is 17.7 Å². The summed E-state index contributed by atoms with van der Waals surface area (Å²) in [6.07, 6.45) is 0.0794. The molecular formula is C24H27N3O4. The Hall–Kier alpha value is -3.03. The van der Waals surface area contributed by atoms with Crippen LogP contribution in [0.25, 0.3) is 0 Å². The van der Waals surface area contributed by atoms with E-state index in [0.717, 1.165) is 48.9 Å². The van der Waals surface area contributed by atoms with Gasteiger partial charge in [0.15, 0.2) is 0 Å². The fourth-order valence-corrected chi connectivity index (χ4v) is 3.99. The van der Waals surface area contributed by atoms with E-state index in [2.05, 4.69) is 16.3 Å². The van der Waals surface area contributed by atoms with Gasteiger partial charge in [0.25, 0.3) is 11.8 Å². The van der Waals surface area contributed by atoms with E-state index in [1.807, 2.05) is 31.2 Å². The summed E-state index contributed by atoms with van der Waals surface area (Å²) in [4.78, 5) is 41.0. The lowest BCUT2D eigenvalue weighted by Crippen LogP contribution is -2.36. The number of rotatable bonds is 7. The van der Waals surface area contributed by atoms with E-state index in [9.17, 15) is 14.4 Å². The second-order valence-corrected chi connectivity index (χ2v) is 7.99. The Morgan fingerprint density at radius 1 is 1.00 bits per heavy atom. The van der Waals surface area contributed by atoms with Crippen LogP contribution in [0.15, 0.2) is 42.5 Å². The number of benzene rings is 2. The normalized spacial score (nSPS) is 16.5. The highest BCUT2D eigenvalue weighted by Crippen LogP contribution is 2.24. The third-order valence-electron chi connectivity index (χ3n) is 5.78. The maximum absolute atomic E-state index is 12.5. The average Bonchev–Trinajstić information content (AvgIpc) is 3.01. The molecule has 0 radical (unpaired) electrons. The number of aryl methyl sites for hydroxylation is 1.